The number of hydrazone groups is 1. The molecule has 2 aliphatic carbocycles. The number of nitrogens with zero attached hydrogens (tertiary/aromatic N) is 1. The third-order valence-corrected chi connectivity index (χ3v) is 3.85. The quantitative estimate of drug-likeness (QED) is 0.675. The summed E-state index contributed by atoms with van der Waals surface area (Å²) in [4.78, 5) is 11.1. The lowest BCUT2D eigenvalue weighted by atomic mass is 10.1. The molecule has 0 radical (unpaired) electrons. The van der Waals surface area contributed by atoms with E-state index in [0.29, 0.717) is 29.9 Å². The Labute approximate surface area is 118 Å². The minimum Gasteiger partial charge on any atom is -0.460 e. The molecule has 4 nitrogen and oxygen atoms in total. The Balaban J connectivity index is 1.64. The second-order valence-corrected chi connectivity index (χ2v) is 5.34. The molecule has 1 heterocycles. The van der Waals surface area contributed by atoms with Crippen molar-refractivity contribution in [1.29, 1.82) is 0 Å². The van der Waals surface area contributed by atoms with Crippen LogP contribution in [0.2, 0.25) is 0 Å². The summed E-state index contributed by atoms with van der Waals surface area (Å²) in [6, 6.07) is 3.89. The van der Waals surface area contributed by atoms with Gasteiger partial charge in [-0.25, -0.2) is 5.43 Å². The molecule has 20 heavy (non-hydrogen) atoms. The summed E-state index contributed by atoms with van der Waals surface area (Å²) in [6.45, 7) is 3.91. The van der Waals surface area contributed by atoms with Crippen LogP contribution in [0.15, 0.2) is 45.5 Å². The van der Waals surface area contributed by atoms with Gasteiger partial charge in [0.1, 0.15) is 11.5 Å². The monoisotopic (exact) mass is 270 g/mol. The van der Waals surface area contributed by atoms with Gasteiger partial charge in [-0.1, -0.05) is 30.7 Å². The molecule has 3 unspecified atom stereocenters. The Hall–Kier alpha value is -2.10. The molecule has 3 atom stereocenters. The number of nitrogens with one attached hydrogen (secondary N) is 1. The van der Waals surface area contributed by atoms with Crippen LogP contribution in [0, 0.1) is 11.8 Å². The van der Waals surface area contributed by atoms with Gasteiger partial charge in [-0.2, -0.15) is 5.10 Å². The van der Waals surface area contributed by atoms with Crippen LogP contribution in [0.5, 0.6) is 0 Å². The van der Waals surface area contributed by atoms with Gasteiger partial charge in [0.25, 0.3) is 0 Å². The third-order valence-electron chi connectivity index (χ3n) is 3.85. The van der Waals surface area contributed by atoms with Crippen LogP contribution in [0.4, 0.5) is 0 Å². The smallest absolute Gasteiger partial charge is 0.239 e. The highest BCUT2D eigenvalue weighted by Gasteiger charge is 2.50. The van der Waals surface area contributed by atoms with Gasteiger partial charge in [-0.05, 0) is 30.9 Å². The predicted octanol–water partition coefficient (Wildman–Crippen LogP) is 2.99. The van der Waals surface area contributed by atoms with E-state index in [2.05, 4.69) is 35.7 Å². The molecule has 1 aromatic heterocycles. The lowest BCUT2D eigenvalue weighted by Gasteiger charge is -1.96. The van der Waals surface area contributed by atoms with Crippen LogP contribution < -0.4 is 5.43 Å². The summed E-state index contributed by atoms with van der Waals surface area (Å²) in [5.74, 6) is 3.18. The van der Waals surface area contributed by atoms with Crippen LogP contribution in [0.3, 0.4) is 0 Å². The zero-order valence-corrected chi connectivity index (χ0v) is 11.7. The molecule has 3 rings (SSSR count). The Morgan fingerprint density at radius 1 is 1.45 bits per heavy atom. The summed E-state index contributed by atoms with van der Waals surface area (Å²) in [6.07, 6.45) is 8.71. The molecular weight excluding hydrogens is 252 g/mol. The minimum atomic E-state index is -0.105. The fraction of sp³-hybridized carbons (Fsp3) is 0.375. The summed E-state index contributed by atoms with van der Waals surface area (Å²) >= 11 is 0. The number of allylic oxidation sites excluding steroid dienone is 4. The van der Waals surface area contributed by atoms with Crippen molar-refractivity contribution in [2.24, 2.45) is 16.9 Å². The maximum atomic E-state index is 11.1. The van der Waals surface area contributed by atoms with Crippen molar-refractivity contribution < 1.29 is 9.21 Å². The number of hydrogen-bond donors (Lipinski definition) is 1. The molecular formula is C16H18N2O2. The van der Waals surface area contributed by atoms with Crippen LogP contribution in [0.1, 0.15) is 37.7 Å². The van der Waals surface area contributed by atoms with Crippen LogP contribution in [-0.2, 0) is 4.79 Å². The first-order valence-corrected chi connectivity index (χ1v) is 6.97. The van der Waals surface area contributed by atoms with E-state index in [-0.39, 0.29) is 5.91 Å². The lowest BCUT2D eigenvalue weighted by molar-refractivity contribution is -0.120. The van der Waals surface area contributed by atoms with Crippen LogP contribution in [0.25, 0.3) is 0 Å². The van der Waals surface area contributed by atoms with E-state index in [1.165, 1.54) is 5.57 Å². The highest BCUT2D eigenvalue weighted by molar-refractivity contribution is 5.80. The fourth-order valence-electron chi connectivity index (χ4n) is 2.69. The normalized spacial score (nSPS) is 27.3. The van der Waals surface area contributed by atoms with Crippen molar-refractivity contribution in [2.45, 2.75) is 26.2 Å². The van der Waals surface area contributed by atoms with Gasteiger partial charge < -0.3 is 4.42 Å². The molecule has 0 saturated heterocycles. The first-order valence-electron chi connectivity index (χ1n) is 6.97. The fourth-order valence-corrected chi connectivity index (χ4v) is 2.69. The molecule has 2 aliphatic rings. The molecule has 1 N–H and O–H groups in total. The average Bonchev–Trinajstić information content (AvgIpc) is 2.95. The van der Waals surface area contributed by atoms with E-state index in [1.807, 2.05) is 12.1 Å². The molecule has 0 aromatic carbocycles. The van der Waals surface area contributed by atoms with Crippen molar-refractivity contribution in [3.05, 3.63) is 47.5 Å². The highest BCUT2D eigenvalue weighted by atomic mass is 16.3. The average molecular weight is 270 g/mol. The largest absolute Gasteiger partial charge is 0.460 e. The topological polar surface area (TPSA) is 54.6 Å². The number of rotatable bonds is 4. The van der Waals surface area contributed by atoms with Crippen LogP contribution in [-0.4, -0.2) is 12.1 Å². The van der Waals surface area contributed by atoms with Gasteiger partial charge in [0.2, 0.25) is 5.91 Å². The molecule has 0 spiro atoms. The number of carbonyl (C=O) groups is 1. The summed E-state index contributed by atoms with van der Waals surface area (Å²) < 4.78 is 5.79. The van der Waals surface area contributed by atoms with Crippen molar-refractivity contribution in [2.75, 3.05) is 0 Å². The van der Waals surface area contributed by atoms with E-state index in [9.17, 15) is 4.79 Å². The van der Waals surface area contributed by atoms with Gasteiger partial charge in [0.05, 0.1) is 6.21 Å². The number of carbonyl (C=O) groups excluding carboxylic acids is 1. The van der Waals surface area contributed by atoms with Crippen molar-refractivity contribution >= 4 is 12.1 Å². The minimum absolute atomic E-state index is 0.105. The SMILES string of the molecule is CCC(=O)N/N=C/c1ccc(C2C3C=CC(C)=CC32)o1. The Kier molecular flexibility index (Phi) is 3.30. The maximum Gasteiger partial charge on any atom is 0.239 e. The second kappa shape index (κ2) is 5.12. The molecule has 1 fully saturated rings. The molecule has 0 bridgehead atoms. The predicted molar refractivity (Wildman–Crippen MR) is 77.4 cm³/mol. The first-order chi connectivity index (χ1) is 9.69. The van der Waals surface area contributed by atoms with E-state index in [1.54, 1.807) is 13.1 Å². The molecule has 1 amide bonds. The van der Waals surface area contributed by atoms with Crippen molar-refractivity contribution in [1.82, 2.24) is 5.43 Å². The second-order valence-electron chi connectivity index (χ2n) is 5.34. The van der Waals surface area contributed by atoms with E-state index in [4.69, 9.17) is 4.42 Å². The van der Waals surface area contributed by atoms with Gasteiger partial charge in [0.15, 0.2) is 0 Å². The van der Waals surface area contributed by atoms with Gasteiger partial charge in [-0.3, -0.25) is 4.79 Å². The Morgan fingerprint density at radius 3 is 3.05 bits per heavy atom. The Bertz CT molecular complexity index is 610. The standard InChI is InChI=1S/C16H18N2O2/c1-3-15(19)18-17-9-11-5-7-14(20-11)16-12-6-4-10(2)8-13(12)16/h4-9,12-13,16H,3H2,1-2H3,(H,18,19)/b17-9+. The highest BCUT2D eigenvalue weighted by Crippen LogP contribution is 2.57. The number of furan rings is 1. The summed E-state index contributed by atoms with van der Waals surface area (Å²) in [5, 5.41) is 3.86. The van der Waals surface area contributed by atoms with E-state index in [0.717, 1.165) is 5.76 Å². The van der Waals surface area contributed by atoms with Crippen molar-refractivity contribution in [3.8, 4) is 0 Å². The zero-order valence-electron chi connectivity index (χ0n) is 11.7. The third kappa shape index (κ3) is 2.46. The molecule has 0 aliphatic heterocycles. The van der Waals surface area contributed by atoms with Crippen molar-refractivity contribution in [3.63, 3.8) is 0 Å². The maximum absolute atomic E-state index is 11.1. The molecule has 104 valence electrons. The molecule has 1 aromatic rings. The number of amides is 1. The van der Waals surface area contributed by atoms with E-state index < -0.39 is 0 Å². The van der Waals surface area contributed by atoms with Crippen LogP contribution >= 0.6 is 0 Å². The first kappa shape index (κ1) is 12.9. The summed E-state index contributed by atoms with van der Waals surface area (Å²) in [5.41, 5.74) is 3.76. The number of hydrogen-bond acceptors (Lipinski definition) is 3. The lowest BCUT2D eigenvalue weighted by Crippen LogP contribution is -2.15. The summed E-state index contributed by atoms with van der Waals surface area (Å²) in [7, 11) is 0. The zero-order chi connectivity index (χ0) is 14.1. The molecule has 4 heteroatoms. The molecule has 1 saturated carbocycles. The number of fused-ring (bicyclic) bond motifs is 1. The van der Waals surface area contributed by atoms with Gasteiger partial charge in [0, 0.05) is 12.3 Å². The van der Waals surface area contributed by atoms with E-state index >= 15 is 0 Å². The van der Waals surface area contributed by atoms with Gasteiger partial charge >= 0.3 is 0 Å². The Morgan fingerprint density at radius 2 is 2.30 bits per heavy atom. The van der Waals surface area contributed by atoms with Gasteiger partial charge in [-0.15, -0.1) is 0 Å².